The largest absolute Gasteiger partial charge is 0.479 e. The van der Waals surface area contributed by atoms with Crippen LogP contribution in [0.5, 0.6) is 5.75 Å². The third-order valence-corrected chi connectivity index (χ3v) is 3.36. The minimum absolute atomic E-state index is 0.127. The van der Waals surface area contributed by atoms with E-state index in [9.17, 15) is 9.90 Å². The Morgan fingerprint density at radius 3 is 2.74 bits per heavy atom. The van der Waals surface area contributed by atoms with Gasteiger partial charge in [-0.25, -0.2) is 0 Å². The third kappa shape index (κ3) is 2.31. The molecular formula is C14H20N2O3. The molecule has 1 atom stereocenters. The number of anilines is 1. The molecule has 1 amide bonds. The minimum Gasteiger partial charge on any atom is -0.479 e. The number of nitrogens with zero attached hydrogens (tertiary/aromatic N) is 1. The highest BCUT2D eigenvalue weighted by Crippen LogP contribution is 2.38. The molecule has 0 bridgehead atoms. The van der Waals surface area contributed by atoms with Crippen LogP contribution in [0.2, 0.25) is 0 Å². The lowest BCUT2D eigenvalue weighted by atomic mass is 9.99. The van der Waals surface area contributed by atoms with Gasteiger partial charge in [-0.15, -0.1) is 0 Å². The van der Waals surface area contributed by atoms with Crippen LogP contribution in [-0.4, -0.2) is 29.3 Å². The van der Waals surface area contributed by atoms with Crippen molar-refractivity contribution >= 4 is 11.6 Å². The molecule has 0 aromatic heterocycles. The van der Waals surface area contributed by atoms with Crippen LogP contribution in [0.4, 0.5) is 5.69 Å². The average Bonchev–Trinajstić information content (AvgIpc) is 2.39. The molecule has 1 aliphatic rings. The molecule has 2 rings (SSSR count). The van der Waals surface area contributed by atoms with Gasteiger partial charge in [0.2, 0.25) is 0 Å². The Balaban J connectivity index is 2.57. The van der Waals surface area contributed by atoms with E-state index in [1.807, 2.05) is 32.0 Å². The Hall–Kier alpha value is -1.59. The van der Waals surface area contributed by atoms with Crippen LogP contribution in [0, 0.1) is 0 Å². The molecule has 0 radical (unpaired) electrons. The first kappa shape index (κ1) is 13.8. The van der Waals surface area contributed by atoms with Crippen molar-refractivity contribution in [3.63, 3.8) is 0 Å². The molecule has 104 valence electrons. The van der Waals surface area contributed by atoms with E-state index >= 15 is 0 Å². The summed E-state index contributed by atoms with van der Waals surface area (Å²) < 4.78 is 5.60. The molecule has 0 saturated carbocycles. The van der Waals surface area contributed by atoms with Gasteiger partial charge in [0, 0.05) is 6.54 Å². The zero-order chi connectivity index (χ0) is 14.2. The van der Waals surface area contributed by atoms with Gasteiger partial charge < -0.3 is 15.6 Å². The number of fused-ring (bicyclic) bond motifs is 1. The van der Waals surface area contributed by atoms with Gasteiger partial charge in [-0.1, -0.05) is 6.07 Å². The second-order valence-corrected chi connectivity index (χ2v) is 5.41. The number of carbonyl (C=O) groups is 1. The van der Waals surface area contributed by atoms with Gasteiger partial charge >= 0.3 is 0 Å². The molecule has 0 aliphatic carbocycles. The molecular weight excluding hydrogens is 244 g/mol. The van der Waals surface area contributed by atoms with Crippen molar-refractivity contribution in [3.8, 4) is 5.75 Å². The molecule has 0 spiro atoms. The lowest BCUT2D eigenvalue weighted by Gasteiger charge is -2.42. The first-order valence-electron chi connectivity index (χ1n) is 6.35. The number of nitrogens with two attached hydrogens (primary N) is 1. The summed E-state index contributed by atoms with van der Waals surface area (Å²) in [7, 11) is 0. The zero-order valence-corrected chi connectivity index (χ0v) is 11.5. The second kappa shape index (κ2) is 4.83. The minimum atomic E-state index is -0.683. The predicted octanol–water partition coefficient (Wildman–Crippen LogP) is 1.03. The lowest BCUT2D eigenvalue weighted by Crippen LogP contribution is -2.56. The quantitative estimate of drug-likeness (QED) is 0.855. The number of aliphatic hydroxyl groups excluding tert-OH is 1. The van der Waals surface area contributed by atoms with Gasteiger partial charge in [-0.3, -0.25) is 9.69 Å². The van der Waals surface area contributed by atoms with Crippen LogP contribution in [0.1, 0.15) is 26.3 Å². The molecule has 5 nitrogen and oxygen atoms in total. The van der Waals surface area contributed by atoms with Crippen LogP contribution >= 0.6 is 0 Å². The number of amides is 1. The SMILES string of the molecule is CC1Oc2ccc(CN)cc2N(C(C)(C)CO)C1=O. The highest BCUT2D eigenvalue weighted by atomic mass is 16.5. The van der Waals surface area contributed by atoms with Crippen molar-refractivity contribution in [2.75, 3.05) is 11.5 Å². The van der Waals surface area contributed by atoms with Crippen molar-refractivity contribution in [2.45, 2.75) is 39.0 Å². The summed E-state index contributed by atoms with van der Waals surface area (Å²) in [4.78, 5) is 14.0. The Labute approximate surface area is 113 Å². The van der Waals surface area contributed by atoms with Gasteiger partial charge in [0.1, 0.15) is 5.75 Å². The van der Waals surface area contributed by atoms with Gasteiger partial charge in [0.25, 0.3) is 5.91 Å². The van der Waals surface area contributed by atoms with Gasteiger partial charge in [0.15, 0.2) is 6.10 Å². The maximum atomic E-state index is 12.4. The van der Waals surface area contributed by atoms with E-state index in [4.69, 9.17) is 10.5 Å². The van der Waals surface area contributed by atoms with Crippen LogP contribution in [0.3, 0.4) is 0 Å². The molecule has 1 aromatic carbocycles. The van der Waals surface area contributed by atoms with Crippen molar-refractivity contribution in [1.29, 1.82) is 0 Å². The number of hydrogen-bond acceptors (Lipinski definition) is 4. The third-order valence-electron chi connectivity index (χ3n) is 3.36. The van der Waals surface area contributed by atoms with Crippen molar-refractivity contribution in [2.24, 2.45) is 5.73 Å². The first-order valence-corrected chi connectivity index (χ1v) is 6.35. The summed E-state index contributed by atoms with van der Waals surface area (Å²) in [6.45, 7) is 5.62. The van der Waals surface area contributed by atoms with E-state index in [1.54, 1.807) is 11.8 Å². The van der Waals surface area contributed by atoms with E-state index in [2.05, 4.69) is 0 Å². The average molecular weight is 264 g/mol. The molecule has 19 heavy (non-hydrogen) atoms. The lowest BCUT2D eigenvalue weighted by molar-refractivity contribution is -0.127. The molecule has 3 N–H and O–H groups in total. The smallest absolute Gasteiger partial charge is 0.268 e. The summed E-state index contributed by atoms with van der Waals surface area (Å²) in [5.41, 5.74) is 6.55. The molecule has 1 aliphatic heterocycles. The number of rotatable bonds is 3. The van der Waals surface area contributed by atoms with Gasteiger partial charge in [-0.05, 0) is 38.5 Å². The second-order valence-electron chi connectivity index (χ2n) is 5.41. The van der Waals surface area contributed by atoms with Crippen LogP contribution in [0.15, 0.2) is 18.2 Å². The number of hydrogen-bond donors (Lipinski definition) is 2. The highest BCUT2D eigenvalue weighted by Gasteiger charge is 2.40. The molecule has 1 aromatic rings. The normalized spacial score (nSPS) is 19.1. The fourth-order valence-corrected chi connectivity index (χ4v) is 2.20. The fourth-order valence-electron chi connectivity index (χ4n) is 2.20. The Morgan fingerprint density at radius 2 is 2.16 bits per heavy atom. The van der Waals surface area contributed by atoms with Crippen LogP contribution < -0.4 is 15.4 Å². The standard InChI is InChI=1S/C14H20N2O3/c1-9-13(18)16(14(2,3)8-17)11-6-10(7-15)4-5-12(11)19-9/h4-6,9,17H,7-8,15H2,1-3H3. The van der Waals surface area contributed by atoms with Crippen molar-refractivity contribution < 1.29 is 14.6 Å². The van der Waals surface area contributed by atoms with Gasteiger partial charge in [0.05, 0.1) is 17.8 Å². The van der Waals surface area contributed by atoms with Gasteiger partial charge in [-0.2, -0.15) is 0 Å². The van der Waals surface area contributed by atoms with Crippen LogP contribution in [0.25, 0.3) is 0 Å². The van der Waals surface area contributed by atoms with E-state index in [-0.39, 0.29) is 12.5 Å². The summed E-state index contributed by atoms with van der Waals surface area (Å²) in [5, 5.41) is 9.54. The van der Waals surface area contributed by atoms with E-state index < -0.39 is 11.6 Å². The number of benzene rings is 1. The van der Waals surface area contributed by atoms with Crippen LogP contribution in [-0.2, 0) is 11.3 Å². The van der Waals surface area contributed by atoms with E-state index in [0.717, 1.165) is 5.56 Å². The topological polar surface area (TPSA) is 75.8 Å². The Morgan fingerprint density at radius 1 is 1.47 bits per heavy atom. The summed E-state index contributed by atoms with van der Waals surface area (Å²) in [6.07, 6.45) is -0.554. The summed E-state index contributed by atoms with van der Waals surface area (Å²) in [6, 6.07) is 5.54. The highest BCUT2D eigenvalue weighted by molar-refractivity contribution is 6.01. The van der Waals surface area contributed by atoms with Crippen molar-refractivity contribution in [3.05, 3.63) is 23.8 Å². The molecule has 1 unspecified atom stereocenters. The molecule has 0 saturated heterocycles. The van der Waals surface area contributed by atoms with E-state index in [1.165, 1.54) is 0 Å². The number of carbonyl (C=O) groups excluding carboxylic acids is 1. The zero-order valence-electron chi connectivity index (χ0n) is 11.5. The summed E-state index contributed by atoms with van der Waals surface area (Å²) in [5.74, 6) is 0.492. The fraction of sp³-hybridized carbons (Fsp3) is 0.500. The van der Waals surface area contributed by atoms with E-state index in [0.29, 0.717) is 18.0 Å². The van der Waals surface area contributed by atoms with Crippen molar-refractivity contribution in [1.82, 2.24) is 0 Å². The first-order chi connectivity index (χ1) is 8.90. The summed E-state index contributed by atoms with van der Waals surface area (Å²) >= 11 is 0. The number of aliphatic hydroxyl groups is 1. The predicted molar refractivity (Wildman–Crippen MR) is 73.1 cm³/mol. The molecule has 1 heterocycles. The monoisotopic (exact) mass is 264 g/mol. The maximum absolute atomic E-state index is 12.4. The maximum Gasteiger partial charge on any atom is 0.268 e. The Kier molecular flexibility index (Phi) is 3.52. The number of ether oxygens (including phenoxy) is 1. The Bertz CT molecular complexity index is 499. The molecule has 5 heteroatoms. The molecule has 0 fully saturated rings.